The van der Waals surface area contributed by atoms with Gasteiger partial charge in [-0.25, -0.2) is 0 Å². The van der Waals surface area contributed by atoms with Gasteiger partial charge in [-0.2, -0.15) is 0 Å². The second-order valence-corrected chi connectivity index (χ2v) is 6.64. The molecule has 1 fully saturated rings. The molecule has 0 aliphatic carbocycles. The summed E-state index contributed by atoms with van der Waals surface area (Å²) in [6.07, 6.45) is 1.38. The van der Waals surface area contributed by atoms with Crippen molar-refractivity contribution >= 4 is 23.4 Å². The minimum atomic E-state index is -0.183. The van der Waals surface area contributed by atoms with Crippen LogP contribution in [0, 0.1) is 6.92 Å². The Labute approximate surface area is 156 Å². The molecule has 1 aromatic heterocycles. The molecule has 138 valence electrons. The van der Waals surface area contributed by atoms with Gasteiger partial charge in [-0.3, -0.25) is 9.59 Å². The second-order valence-electron chi connectivity index (χ2n) is 6.20. The van der Waals surface area contributed by atoms with Crippen LogP contribution in [0.5, 0.6) is 5.75 Å². The first-order chi connectivity index (χ1) is 12.5. The highest BCUT2D eigenvalue weighted by molar-refractivity contribution is 6.30. The van der Waals surface area contributed by atoms with Gasteiger partial charge in [0.05, 0.1) is 0 Å². The molecule has 1 aliphatic heterocycles. The molecule has 2 amide bonds. The third kappa shape index (κ3) is 4.76. The summed E-state index contributed by atoms with van der Waals surface area (Å²) in [4.78, 5) is 26.1. The lowest BCUT2D eigenvalue weighted by Gasteiger charge is -2.31. The number of nitrogens with one attached hydrogen (secondary N) is 1. The van der Waals surface area contributed by atoms with Crippen LogP contribution in [0.4, 0.5) is 0 Å². The van der Waals surface area contributed by atoms with Crippen molar-refractivity contribution in [1.82, 2.24) is 15.4 Å². The molecule has 0 atom stereocenters. The first kappa shape index (κ1) is 18.3. The zero-order chi connectivity index (χ0) is 18.5. The fraction of sp³-hybridized carbons (Fsp3) is 0.389. The summed E-state index contributed by atoms with van der Waals surface area (Å²) in [6.45, 7) is 2.82. The van der Waals surface area contributed by atoms with Gasteiger partial charge < -0.3 is 19.5 Å². The van der Waals surface area contributed by atoms with E-state index in [0.717, 1.165) is 0 Å². The van der Waals surface area contributed by atoms with E-state index in [1.165, 1.54) is 0 Å². The van der Waals surface area contributed by atoms with E-state index in [0.29, 0.717) is 48.2 Å². The molecule has 1 N–H and O–H groups in total. The number of nitrogens with zero attached hydrogens (tertiary/aromatic N) is 2. The highest BCUT2D eigenvalue weighted by atomic mass is 35.5. The molecule has 0 spiro atoms. The summed E-state index contributed by atoms with van der Waals surface area (Å²) in [5, 5.41) is 7.31. The molecule has 1 saturated heterocycles. The molecule has 7 nitrogen and oxygen atoms in total. The van der Waals surface area contributed by atoms with Gasteiger partial charge in [0.25, 0.3) is 11.8 Å². The van der Waals surface area contributed by atoms with Crippen LogP contribution >= 0.6 is 11.6 Å². The van der Waals surface area contributed by atoms with Crippen molar-refractivity contribution in [3.8, 4) is 5.75 Å². The maximum absolute atomic E-state index is 12.3. The highest BCUT2D eigenvalue weighted by Gasteiger charge is 2.26. The van der Waals surface area contributed by atoms with Gasteiger partial charge in [-0.15, -0.1) is 0 Å². The van der Waals surface area contributed by atoms with Crippen molar-refractivity contribution in [3.63, 3.8) is 0 Å². The first-order valence-electron chi connectivity index (χ1n) is 8.41. The monoisotopic (exact) mass is 377 g/mol. The minimum Gasteiger partial charge on any atom is -0.484 e. The largest absolute Gasteiger partial charge is 0.484 e. The van der Waals surface area contributed by atoms with Crippen LogP contribution in [0.15, 0.2) is 34.9 Å². The summed E-state index contributed by atoms with van der Waals surface area (Å²) in [5.41, 5.74) is 0.321. The van der Waals surface area contributed by atoms with E-state index in [4.69, 9.17) is 20.9 Å². The molecule has 1 aliphatic rings. The zero-order valence-corrected chi connectivity index (χ0v) is 15.2. The summed E-state index contributed by atoms with van der Waals surface area (Å²) in [6, 6.07) is 8.50. The van der Waals surface area contributed by atoms with E-state index >= 15 is 0 Å². The number of aryl methyl sites for hydroxylation is 1. The number of aromatic nitrogens is 1. The Morgan fingerprint density at radius 3 is 2.62 bits per heavy atom. The number of amides is 2. The van der Waals surface area contributed by atoms with Crippen molar-refractivity contribution in [1.29, 1.82) is 0 Å². The fourth-order valence-electron chi connectivity index (χ4n) is 2.81. The predicted octanol–water partition coefficient (Wildman–Crippen LogP) is 2.44. The number of hydrogen-bond donors (Lipinski definition) is 1. The van der Waals surface area contributed by atoms with Crippen molar-refractivity contribution < 1.29 is 18.8 Å². The maximum Gasteiger partial charge on any atom is 0.276 e. The van der Waals surface area contributed by atoms with Crippen molar-refractivity contribution in [3.05, 3.63) is 46.8 Å². The van der Waals surface area contributed by atoms with E-state index in [1.54, 1.807) is 42.2 Å². The average molecular weight is 378 g/mol. The van der Waals surface area contributed by atoms with Crippen molar-refractivity contribution in [2.24, 2.45) is 0 Å². The summed E-state index contributed by atoms with van der Waals surface area (Å²) >= 11 is 5.81. The van der Waals surface area contributed by atoms with Crippen LogP contribution in [-0.2, 0) is 4.79 Å². The van der Waals surface area contributed by atoms with Gasteiger partial charge in [0, 0.05) is 30.2 Å². The first-order valence-corrected chi connectivity index (χ1v) is 8.79. The number of hydrogen-bond acceptors (Lipinski definition) is 5. The lowest BCUT2D eigenvalue weighted by atomic mass is 10.0. The molecule has 0 bridgehead atoms. The van der Waals surface area contributed by atoms with Gasteiger partial charge in [-0.1, -0.05) is 16.8 Å². The predicted molar refractivity (Wildman–Crippen MR) is 95.3 cm³/mol. The molecule has 2 aromatic rings. The molecule has 2 heterocycles. The zero-order valence-electron chi connectivity index (χ0n) is 14.4. The SMILES string of the molecule is Cc1cc(C(=O)N2CCC(NC(=O)COc3ccc(Cl)cc3)CC2)no1. The van der Waals surface area contributed by atoms with Crippen LogP contribution in [0.25, 0.3) is 0 Å². The van der Waals surface area contributed by atoms with E-state index in [2.05, 4.69) is 10.5 Å². The van der Waals surface area contributed by atoms with Gasteiger partial charge in [0.15, 0.2) is 12.3 Å². The number of benzene rings is 1. The van der Waals surface area contributed by atoms with Crippen LogP contribution in [0.2, 0.25) is 5.02 Å². The third-order valence-corrected chi connectivity index (χ3v) is 4.43. The molecular weight excluding hydrogens is 358 g/mol. The van der Waals surface area contributed by atoms with Crippen LogP contribution in [-0.4, -0.2) is 47.6 Å². The molecular formula is C18H20ClN3O4. The van der Waals surface area contributed by atoms with Gasteiger partial charge in [-0.05, 0) is 44.0 Å². The van der Waals surface area contributed by atoms with Crippen LogP contribution in [0.1, 0.15) is 29.1 Å². The molecule has 1 aromatic carbocycles. The Kier molecular flexibility index (Phi) is 5.78. The van der Waals surface area contributed by atoms with E-state index in [-0.39, 0.29) is 24.5 Å². The fourth-order valence-corrected chi connectivity index (χ4v) is 2.93. The average Bonchev–Trinajstić information content (AvgIpc) is 3.08. The Bertz CT molecular complexity index is 767. The smallest absolute Gasteiger partial charge is 0.276 e. The number of carbonyl (C=O) groups is 2. The Hall–Kier alpha value is -2.54. The van der Waals surface area contributed by atoms with Gasteiger partial charge in [0.2, 0.25) is 0 Å². The van der Waals surface area contributed by atoms with E-state index in [9.17, 15) is 9.59 Å². The number of rotatable bonds is 5. The molecule has 8 heteroatoms. The Balaban J connectivity index is 1.41. The lowest BCUT2D eigenvalue weighted by molar-refractivity contribution is -0.124. The van der Waals surface area contributed by atoms with Crippen molar-refractivity contribution in [2.45, 2.75) is 25.8 Å². The standard InChI is InChI=1S/C18H20ClN3O4/c1-12-10-16(21-26-12)18(24)22-8-6-14(7-9-22)20-17(23)11-25-15-4-2-13(19)3-5-15/h2-5,10,14H,6-9,11H2,1H3,(H,20,23). The molecule has 0 radical (unpaired) electrons. The highest BCUT2D eigenvalue weighted by Crippen LogP contribution is 2.16. The number of halogens is 1. The number of likely N-dealkylation sites (tertiary alicyclic amines) is 1. The molecule has 0 saturated carbocycles. The van der Waals surface area contributed by atoms with Gasteiger partial charge >= 0.3 is 0 Å². The quantitative estimate of drug-likeness (QED) is 0.865. The topological polar surface area (TPSA) is 84.7 Å². The maximum atomic E-state index is 12.3. The molecule has 26 heavy (non-hydrogen) atoms. The summed E-state index contributed by atoms with van der Waals surface area (Å²) in [7, 11) is 0. The number of piperidine rings is 1. The Morgan fingerprint density at radius 2 is 2.00 bits per heavy atom. The summed E-state index contributed by atoms with van der Waals surface area (Å²) in [5.74, 6) is 0.874. The van der Waals surface area contributed by atoms with Crippen molar-refractivity contribution in [2.75, 3.05) is 19.7 Å². The van der Waals surface area contributed by atoms with Gasteiger partial charge in [0.1, 0.15) is 11.5 Å². The van der Waals surface area contributed by atoms with E-state index < -0.39 is 0 Å². The van der Waals surface area contributed by atoms with Crippen LogP contribution < -0.4 is 10.1 Å². The third-order valence-electron chi connectivity index (χ3n) is 4.18. The number of carbonyl (C=O) groups excluding carboxylic acids is 2. The molecule has 3 rings (SSSR count). The van der Waals surface area contributed by atoms with Crippen LogP contribution in [0.3, 0.4) is 0 Å². The van der Waals surface area contributed by atoms with E-state index in [1.807, 2.05) is 0 Å². The molecule has 0 unspecified atom stereocenters. The second kappa shape index (κ2) is 8.23. The number of ether oxygens (including phenoxy) is 1. The lowest BCUT2D eigenvalue weighted by Crippen LogP contribution is -2.47. The minimum absolute atomic E-state index is 0.0272. The Morgan fingerprint density at radius 1 is 1.31 bits per heavy atom. The summed E-state index contributed by atoms with van der Waals surface area (Å²) < 4.78 is 10.4. The normalized spacial score (nSPS) is 14.9.